The van der Waals surface area contributed by atoms with Crippen LogP contribution in [-0.4, -0.2) is 39.1 Å². The molecule has 0 saturated carbocycles. The van der Waals surface area contributed by atoms with Crippen LogP contribution in [0.15, 0.2) is 0 Å². The van der Waals surface area contributed by atoms with Gasteiger partial charge in [0.2, 0.25) is 0 Å². The minimum absolute atomic E-state index is 0.0937. The summed E-state index contributed by atoms with van der Waals surface area (Å²) < 4.78 is 18.3. The van der Waals surface area contributed by atoms with Gasteiger partial charge in [0.05, 0.1) is 13.2 Å². The van der Waals surface area contributed by atoms with E-state index < -0.39 is 0 Å². The molecule has 0 rings (SSSR count). The Hall–Kier alpha value is -0.120. The van der Waals surface area contributed by atoms with Crippen molar-refractivity contribution >= 4 is 0 Å². The van der Waals surface area contributed by atoms with Crippen LogP contribution in [0.1, 0.15) is 194 Å². The van der Waals surface area contributed by atoms with E-state index in [4.69, 9.17) is 14.2 Å². The highest BCUT2D eigenvalue weighted by Crippen LogP contribution is 2.12. The maximum Gasteiger partial charge on any atom is 0.104 e. The molecule has 0 spiro atoms. The molecule has 0 radical (unpaired) electrons. The van der Waals surface area contributed by atoms with Crippen LogP contribution in [0.4, 0.5) is 0 Å². The van der Waals surface area contributed by atoms with Crippen molar-refractivity contribution in [1.82, 2.24) is 0 Å². The van der Waals surface area contributed by atoms with Gasteiger partial charge in [0, 0.05) is 19.8 Å². The SMILES string of the molecule is CCCCCCCCCCCOCC(COCCCCCCCCCCC)OCCCCCCCCCCC. The smallest absolute Gasteiger partial charge is 0.104 e. The molecule has 0 heterocycles. The highest BCUT2D eigenvalue weighted by atomic mass is 16.6. The third-order valence-electron chi connectivity index (χ3n) is 7.99. The van der Waals surface area contributed by atoms with E-state index in [9.17, 15) is 0 Å². The summed E-state index contributed by atoms with van der Waals surface area (Å²) in [5.74, 6) is 0. The van der Waals surface area contributed by atoms with Gasteiger partial charge >= 0.3 is 0 Å². The molecule has 0 amide bonds. The summed E-state index contributed by atoms with van der Waals surface area (Å²) in [6.45, 7) is 10.8. The van der Waals surface area contributed by atoms with Crippen LogP contribution in [0, 0.1) is 0 Å². The molecule has 0 N–H and O–H groups in total. The second-order valence-electron chi connectivity index (χ2n) is 12.1. The quantitative estimate of drug-likeness (QED) is 0.0729. The molecule has 0 saturated heterocycles. The third kappa shape index (κ3) is 34.0. The summed E-state index contributed by atoms with van der Waals surface area (Å²) in [5.41, 5.74) is 0. The minimum atomic E-state index is 0.0937. The van der Waals surface area contributed by atoms with Crippen LogP contribution in [0.5, 0.6) is 0 Å². The van der Waals surface area contributed by atoms with Crippen LogP contribution < -0.4 is 0 Å². The molecule has 39 heavy (non-hydrogen) atoms. The summed E-state index contributed by atoms with van der Waals surface area (Å²) in [7, 11) is 0. The lowest BCUT2D eigenvalue weighted by Crippen LogP contribution is -2.26. The zero-order valence-electron chi connectivity index (χ0n) is 27.4. The fourth-order valence-electron chi connectivity index (χ4n) is 5.27. The lowest BCUT2D eigenvalue weighted by atomic mass is 10.1. The Balaban J connectivity index is 3.88. The van der Waals surface area contributed by atoms with E-state index in [-0.39, 0.29) is 6.10 Å². The average molecular weight is 555 g/mol. The molecule has 0 unspecified atom stereocenters. The minimum Gasteiger partial charge on any atom is -0.379 e. The topological polar surface area (TPSA) is 27.7 Å². The number of hydrogen-bond acceptors (Lipinski definition) is 3. The lowest BCUT2D eigenvalue weighted by molar-refractivity contribution is -0.0616. The normalized spacial score (nSPS) is 11.7. The molecule has 0 aliphatic carbocycles. The highest BCUT2D eigenvalue weighted by molar-refractivity contribution is 4.57. The number of unbranched alkanes of at least 4 members (excludes halogenated alkanes) is 24. The maximum absolute atomic E-state index is 6.24. The molecule has 0 atom stereocenters. The Morgan fingerprint density at radius 2 is 0.564 bits per heavy atom. The fraction of sp³-hybridized carbons (Fsp3) is 1.00. The monoisotopic (exact) mass is 555 g/mol. The van der Waals surface area contributed by atoms with E-state index in [1.165, 1.54) is 173 Å². The van der Waals surface area contributed by atoms with Gasteiger partial charge < -0.3 is 14.2 Å². The molecule has 0 aromatic rings. The molecule has 0 bridgehead atoms. The Morgan fingerprint density at radius 3 is 0.872 bits per heavy atom. The van der Waals surface area contributed by atoms with Gasteiger partial charge in [0.15, 0.2) is 0 Å². The summed E-state index contributed by atoms with van der Waals surface area (Å²) in [5, 5.41) is 0. The average Bonchev–Trinajstić information content (AvgIpc) is 2.95. The fourth-order valence-corrected chi connectivity index (χ4v) is 5.27. The summed E-state index contributed by atoms with van der Waals surface area (Å²) in [6.07, 6.45) is 36.7. The summed E-state index contributed by atoms with van der Waals surface area (Å²) in [4.78, 5) is 0. The Morgan fingerprint density at radius 1 is 0.308 bits per heavy atom. The van der Waals surface area contributed by atoms with Crippen LogP contribution in [0.25, 0.3) is 0 Å². The Labute approximate surface area is 247 Å². The van der Waals surface area contributed by atoms with E-state index in [2.05, 4.69) is 20.8 Å². The van der Waals surface area contributed by atoms with Gasteiger partial charge in [-0.05, 0) is 19.3 Å². The number of rotatable bonds is 35. The first-order chi connectivity index (χ1) is 19.3. The Kier molecular flexibility index (Phi) is 35.8. The van der Waals surface area contributed by atoms with Crippen LogP contribution in [0.2, 0.25) is 0 Å². The van der Waals surface area contributed by atoms with Crippen LogP contribution in [-0.2, 0) is 14.2 Å². The van der Waals surface area contributed by atoms with Crippen molar-refractivity contribution in [2.24, 2.45) is 0 Å². The third-order valence-corrected chi connectivity index (χ3v) is 7.99. The van der Waals surface area contributed by atoms with Gasteiger partial charge in [-0.15, -0.1) is 0 Å². The van der Waals surface area contributed by atoms with Crippen LogP contribution >= 0.6 is 0 Å². The van der Waals surface area contributed by atoms with Crippen molar-refractivity contribution in [3.8, 4) is 0 Å². The van der Waals surface area contributed by atoms with Crippen molar-refractivity contribution in [3.05, 3.63) is 0 Å². The van der Waals surface area contributed by atoms with Gasteiger partial charge in [-0.25, -0.2) is 0 Å². The van der Waals surface area contributed by atoms with E-state index in [1.54, 1.807) is 0 Å². The molecular weight excluding hydrogens is 480 g/mol. The van der Waals surface area contributed by atoms with Gasteiger partial charge in [0.1, 0.15) is 6.10 Å². The zero-order chi connectivity index (χ0) is 28.3. The van der Waals surface area contributed by atoms with Crippen molar-refractivity contribution in [2.75, 3.05) is 33.0 Å². The first-order valence-electron chi connectivity index (χ1n) is 18.1. The Bertz CT molecular complexity index is 388. The highest BCUT2D eigenvalue weighted by Gasteiger charge is 2.10. The van der Waals surface area contributed by atoms with Gasteiger partial charge in [-0.2, -0.15) is 0 Å². The van der Waals surface area contributed by atoms with E-state index in [0.717, 1.165) is 19.8 Å². The predicted octanol–water partition coefficient (Wildman–Crippen LogP) is 12.0. The molecule has 3 nitrogen and oxygen atoms in total. The summed E-state index contributed by atoms with van der Waals surface area (Å²) in [6, 6.07) is 0. The molecular formula is C36H74O3. The zero-order valence-corrected chi connectivity index (χ0v) is 27.4. The maximum atomic E-state index is 6.24. The van der Waals surface area contributed by atoms with Crippen molar-refractivity contribution in [2.45, 2.75) is 200 Å². The molecule has 0 fully saturated rings. The van der Waals surface area contributed by atoms with E-state index in [0.29, 0.717) is 13.2 Å². The molecule has 0 aromatic carbocycles. The van der Waals surface area contributed by atoms with E-state index in [1.807, 2.05) is 0 Å². The number of ether oxygens (including phenoxy) is 3. The van der Waals surface area contributed by atoms with Crippen molar-refractivity contribution in [3.63, 3.8) is 0 Å². The standard InChI is InChI=1S/C36H74O3/c1-4-7-10-13-16-19-22-25-28-31-37-34-36(39-33-30-27-24-21-18-15-12-9-6-3)35-38-32-29-26-23-20-17-14-11-8-5-2/h36H,4-35H2,1-3H3. The molecule has 0 aliphatic heterocycles. The second-order valence-corrected chi connectivity index (χ2v) is 12.1. The molecule has 0 aliphatic rings. The molecule has 0 aromatic heterocycles. The second kappa shape index (κ2) is 35.9. The van der Waals surface area contributed by atoms with Crippen molar-refractivity contribution in [1.29, 1.82) is 0 Å². The molecule has 3 heteroatoms. The van der Waals surface area contributed by atoms with E-state index >= 15 is 0 Å². The number of hydrogen-bond donors (Lipinski definition) is 0. The predicted molar refractivity (Wildman–Crippen MR) is 173 cm³/mol. The first kappa shape index (κ1) is 38.9. The summed E-state index contributed by atoms with van der Waals surface area (Å²) >= 11 is 0. The van der Waals surface area contributed by atoms with Gasteiger partial charge in [-0.3, -0.25) is 0 Å². The van der Waals surface area contributed by atoms with Crippen molar-refractivity contribution < 1.29 is 14.2 Å². The lowest BCUT2D eigenvalue weighted by Gasteiger charge is -2.18. The molecule has 236 valence electrons. The van der Waals surface area contributed by atoms with Gasteiger partial charge in [0.25, 0.3) is 0 Å². The van der Waals surface area contributed by atoms with Crippen LogP contribution in [0.3, 0.4) is 0 Å². The van der Waals surface area contributed by atoms with Gasteiger partial charge in [-0.1, -0.05) is 175 Å². The first-order valence-corrected chi connectivity index (χ1v) is 18.1. The largest absolute Gasteiger partial charge is 0.379 e.